The van der Waals surface area contributed by atoms with E-state index in [0.717, 1.165) is 5.56 Å². The Hall–Kier alpha value is -1.42. The fourth-order valence-electron chi connectivity index (χ4n) is 2.48. The third kappa shape index (κ3) is 4.99. The van der Waals surface area contributed by atoms with Crippen LogP contribution in [-0.2, 0) is 11.3 Å². The van der Waals surface area contributed by atoms with E-state index in [2.05, 4.69) is 10.6 Å². The first-order valence-electron chi connectivity index (χ1n) is 6.85. The molecule has 0 heterocycles. The molecule has 2 N–H and O–H groups in total. The first-order valence-corrected chi connectivity index (χ1v) is 7.26. The average molecular weight is 276 g/mol. The van der Waals surface area contributed by atoms with Crippen LogP contribution in [0.25, 0.3) is 0 Å². The number of hydrogen-bond acceptors (Lipinski definition) is 2. The maximum atomic E-state index is 11.8. The molecule has 102 valence electrons. The highest BCUT2D eigenvalue weighted by atomic mass is 32.1. The molecule has 2 rings (SSSR count). The number of rotatable bonds is 4. The van der Waals surface area contributed by atoms with E-state index in [-0.39, 0.29) is 5.91 Å². The van der Waals surface area contributed by atoms with Crippen LogP contribution in [0.3, 0.4) is 0 Å². The lowest BCUT2D eigenvalue weighted by Crippen LogP contribution is -2.39. The predicted molar refractivity (Wildman–Crippen MR) is 80.6 cm³/mol. The van der Waals surface area contributed by atoms with Crippen LogP contribution in [0.15, 0.2) is 30.3 Å². The molecule has 1 saturated carbocycles. The Labute approximate surface area is 119 Å². The molecular formula is C15H20N2OS. The minimum absolute atomic E-state index is 0.0393. The van der Waals surface area contributed by atoms with Gasteiger partial charge in [-0.1, -0.05) is 43.2 Å². The molecular weight excluding hydrogens is 256 g/mol. The van der Waals surface area contributed by atoms with Crippen molar-refractivity contribution in [2.45, 2.75) is 38.6 Å². The van der Waals surface area contributed by atoms with Gasteiger partial charge < -0.3 is 10.6 Å². The van der Waals surface area contributed by atoms with Crippen LogP contribution in [0.2, 0.25) is 0 Å². The molecule has 0 aliphatic heterocycles. The molecule has 4 heteroatoms. The molecule has 1 aliphatic rings. The molecule has 0 spiro atoms. The molecule has 1 aromatic carbocycles. The molecule has 1 fully saturated rings. The van der Waals surface area contributed by atoms with Crippen LogP contribution >= 0.6 is 12.2 Å². The molecule has 0 bridgehead atoms. The van der Waals surface area contributed by atoms with Crippen molar-refractivity contribution in [2.75, 3.05) is 0 Å². The van der Waals surface area contributed by atoms with E-state index in [0.29, 0.717) is 24.0 Å². The quantitative estimate of drug-likeness (QED) is 0.831. The average Bonchev–Trinajstić information content (AvgIpc) is 2.90. The summed E-state index contributed by atoms with van der Waals surface area (Å²) in [5.74, 6) is 0.592. The van der Waals surface area contributed by atoms with Gasteiger partial charge in [-0.15, -0.1) is 0 Å². The van der Waals surface area contributed by atoms with Crippen molar-refractivity contribution in [3.8, 4) is 0 Å². The molecule has 1 amide bonds. The Kier molecular flexibility index (Phi) is 5.33. The van der Waals surface area contributed by atoms with Crippen LogP contribution in [0.1, 0.15) is 37.7 Å². The minimum Gasteiger partial charge on any atom is -0.358 e. The number of hydrogen-bond donors (Lipinski definition) is 2. The Morgan fingerprint density at radius 2 is 1.89 bits per heavy atom. The van der Waals surface area contributed by atoms with Gasteiger partial charge in [-0.05, 0) is 36.5 Å². The van der Waals surface area contributed by atoms with Gasteiger partial charge in [0.15, 0.2) is 5.11 Å². The monoisotopic (exact) mass is 276 g/mol. The lowest BCUT2D eigenvalue weighted by molar-refractivity contribution is -0.120. The third-order valence-electron chi connectivity index (χ3n) is 3.50. The summed E-state index contributed by atoms with van der Waals surface area (Å²) in [5.41, 5.74) is 1.15. The molecule has 1 aliphatic carbocycles. The summed E-state index contributed by atoms with van der Waals surface area (Å²) in [7, 11) is 0. The minimum atomic E-state index is 0.0393. The zero-order valence-electron chi connectivity index (χ0n) is 11.0. The van der Waals surface area contributed by atoms with E-state index in [1.54, 1.807) is 0 Å². The van der Waals surface area contributed by atoms with Gasteiger partial charge in [0.05, 0.1) is 0 Å². The number of nitrogens with one attached hydrogen (secondary N) is 2. The third-order valence-corrected chi connectivity index (χ3v) is 3.74. The van der Waals surface area contributed by atoms with E-state index >= 15 is 0 Å². The highest BCUT2D eigenvalue weighted by Crippen LogP contribution is 2.27. The standard InChI is InChI=1S/C15H20N2OS/c18-14(10-12-6-4-5-7-12)17-15(19)16-11-13-8-2-1-3-9-13/h1-3,8-9,12H,4-7,10-11H2,(H2,16,17,18,19). The fourth-order valence-corrected chi connectivity index (χ4v) is 2.66. The lowest BCUT2D eigenvalue weighted by atomic mass is 10.0. The van der Waals surface area contributed by atoms with E-state index in [4.69, 9.17) is 12.2 Å². The molecule has 3 nitrogen and oxygen atoms in total. The molecule has 19 heavy (non-hydrogen) atoms. The zero-order valence-corrected chi connectivity index (χ0v) is 11.8. The van der Waals surface area contributed by atoms with Crippen molar-refractivity contribution in [3.05, 3.63) is 35.9 Å². The molecule has 0 aromatic heterocycles. The van der Waals surface area contributed by atoms with Crippen molar-refractivity contribution in [1.82, 2.24) is 10.6 Å². The van der Waals surface area contributed by atoms with Crippen molar-refractivity contribution < 1.29 is 4.79 Å². The van der Waals surface area contributed by atoms with E-state index in [1.165, 1.54) is 25.7 Å². The molecule has 0 unspecified atom stereocenters. The topological polar surface area (TPSA) is 41.1 Å². The van der Waals surface area contributed by atoms with Gasteiger partial charge >= 0.3 is 0 Å². The first-order chi connectivity index (χ1) is 9.24. The summed E-state index contributed by atoms with van der Waals surface area (Å²) >= 11 is 5.13. The van der Waals surface area contributed by atoms with Crippen LogP contribution < -0.4 is 10.6 Å². The number of benzene rings is 1. The first kappa shape index (κ1) is 14.0. The summed E-state index contributed by atoms with van der Waals surface area (Å²) in [6.45, 7) is 0.642. The van der Waals surface area contributed by atoms with Gasteiger partial charge in [-0.3, -0.25) is 4.79 Å². The van der Waals surface area contributed by atoms with Gasteiger partial charge in [0.2, 0.25) is 5.91 Å². The Bertz CT molecular complexity index is 427. The number of amides is 1. The van der Waals surface area contributed by atoms with E-state index in [9.17, 15) is 4.79 Å². The van der Waals surface area contributed by atoms with Crippen LogP contribution in [0.5, 0.6) is 0 Å². The van der Waals surface area contributed by atoms with Gasteiger partial charge in [0.1, 0.15) is 0 Å². The smallest absolute Gasteiger partial charge is 0.226 e. The summed E-state index contributed by atoms with van der Waals surface area (Å²) < 4.78 is 0. The van der Waals surface area contributed by atoms with E-state index < -0.39 is 0 Å². The van der Waals surface area contributed by atoms with Gasteiger partial charge in [0.25, 0.3) is 0 Å². The summed E-state index contributed by atoms with van der Waals surface area (Å²) in [6, 6.07) is 9.99. The highest BCUT2D eigenvalue weighted by Gasteiger charge is 2.18. The largest absolute Gasteiger partial charge is 0.358 e. The van der Waals surface area contributed by atoms with Crippen molar-refractivity contribution in [3.63, 3.8) is 0 Å². The highest BCUT2D eigenvalue weighted by molar-refractivity contribution is 7.80. The SMILES string of the molecule is O=C(CC1CCCC1)NC(=S)NCc1ccccc1. The summed E-state index contributed by atoms with van der Waals surface area (Å²) in [4.78, 5) is 11.8. The Balaban J connectivity index is 1.67. The van der Waals surface area contributed by atoms with Crippen LogP contribution in [0.4, 0.5) is 0 Å². The molecule has 0 atom stereocenters. The second-order valence-corrected chi connectivity index (χ2v) is 5.48. The summed E-state index contributed by atoms with van der Waals surface area (Å²) in [6.07, 6.45) is 5.48. The van der Waals surface area contributed by atoms with Crippen LogP contribution in [-0.4, -0.2) is 11.0 Å². The maximum Gasteiger partial charge on any atom is 0.226 e. The van der Waals surface area contributed by atoms with Crippen LogP contribution in [0, 0.1) is 5.92 Å². The number of thiocarbonyl (C=S) groups is 1. The van der Waals surface area contributed by atoms with Gasteiger partial charge in [-0.25, -0.2) is 0 Å². The normalized spacial score (nSPS) is 15.2. The lowest BCUT2D eigenvalue weighted by Gasteiger charge is -2.11. The predicted octanol–water partition coefficient (Wildman–Crippen LogP) is 2.76. The number of carbonyl (C=O) groups excluding carboxylic acids is 1. The zero-order chi connectivity index (χ0) is 13.5. The molecule has 1 aromatic rings. The van der Waals surface area contributed by atoms with Crippen molar-refractivity contribution in [1.29, 1.82) is 0 Å². The fraction of sp³-hybridized carbons (Fsp3) is 0.467. The van der Waals surface area contributed by atoms with Gasteiger partial charge in [-0.2, -0.15) is 0 Å². The van der Waals surface area contributed by atoms with Gasteiger partial charge in [0, 0.05) is 13.0 Å². The second kappa shape index (κ2) is 7.24. The number of carbonyl (C=O) groups is 1. The maximum absolute atomic E-state index is 11.8. The Morgan fingerprint density at radius 1 is 1.21 bits per heavy atom. The van der Waals surface area contributed by atoms with E-state index in [1.807, 2.05) is 30.3 Å². The summed E-state index contributed by atoms with van der Waals surface area (Å²) in [5, 5.41) is 6.24. The Morgan fingerprint density at radius 3 is 2.58 bits per heavy atom. The molecule has 0 radical (unpaired) electrons. The molecule has 0 saturated heterocycles. The second-order valence-electron chi connectivity index (χ2n) is 5.07. The van der Waals surface area contributed by atoms with Crippen molar-refractivity contribution >= 4 is 23.2 Å². The van der Waals surface area contributed by atoms with Crippen molar-refractivity contribution in [2.24, 2.45) is 5.92 Å².